The lowest BCUT2D eigenvalue weighted by Crippen LogP contribution is -2.41. The SMILES string of the molecule is Cn1c(Cl)cnc1CN1C(=O)NC(C)(c2ccc(C(C)(C)C)cc2)C1=O. The van der Waals surface area contributed by atoms with Crippen LogP contribution >= 0.6 is 11.6 Å². The molecule has 0 saturated carbocycles. The van der Waals surface area contributed by atoms with E-state index in [0.29, 0.717) is 11.0 Å². The number of imide groups is 1. The smallest absolute Gasteiger partial charge is 0.321 e. The van der Waals surface area contributed by atoms with E-state index < -0.39 is 11.6 Å². The molecule has 7 heteroatoms. The van der Waals surface area contributed by atoms with Crippen molar-refractivity contribution in [3.8, 4) is 0 Å². The number of nitrogens with one attached hydrogen (secondary N) is 1. The molecule has 1 fully saturated rings. The fraction of sp³-hybridized carbons (Fsp3) is 0.421. The van der Waals surface area contributed by atoms with Crippen molar-refractivity contribution < 1.29 is 9.59 Å². The van der Waals surface area contributed by atoms with Gasteiger partial charge in [0.1, 0.15) is 16.5 Å². The van der Waals surface area contributed by atoms with Crippen LogP contribution in [0.15, 0.2) is 30.5 Å². The number of amides is 3. The Hall–Kier alpha value is -2.34. The summed E-state index contributed by atoms with van der Waals surface area (Å²) in [6.07, 6.45) is 1.50. The van der Waals surface area contributed by atoms with Crippen LogP contribution in [-0.2, 0) is 29.3 Å². The summed E-state index contributed by atoms with van der Waals surface area (Å²) in [4.78, 5) is 30.8. The van der Waals surface area contributed by atoms with Gasteiger partial charge in [-0.25, -0.2) is 9.78 Å². The number of hydrogen-bond donors (Lipinski definition) is 1. The summed E-state index contributed by atoms with van der Waals surface area (Å²) >= 11 is 5.99. The molecule has 1 saturated heterocycles. The average Bonchev–Trinajstić information content (AvgIpc) is 3.00. The number of carbonyl (C=O) groups excluding carboxylic acids is 2. The maximum atomic E-state index is 13.0. The Morgan fingerprint density at radius 2 is 1.81 bits per heavy atom. The van der Waals surface area contributed by atoms with Gasteiger partial charge in [-0.15, -0.1) is 0 Å². The van der Waals surface area contributed by atoms with Gasteiger partial charge in [0.2, 0.25) is 0 Å². The summed E-state index contributed by atoms with van der Waals surface area (Å²) in [7, 11) is 1.74. The third-order valence-corrected chi connectivity index (χ3v) is 5.28. The molecule has 3 amide bonds. The molecule has 1 aromatic heterocycles. The summed E-state index contributed by atoms with van der Waals surface area (Å²) in [5, 5.41) is 3.27. The molecule has 6 nitrogen and oxygen atoms in total. The molecule has 0 aliphatic carbocycles. The fourth-order valence-electron chi connectivity index (χ4n) is 3.05. The Morgan fingerprint density at radius 3 is 2.31 bits per heavy atom. The highest BCUT2D eigenvalue weighted by molar-refractivity contribution is 6.29. The average molecular weight is 375 g/mol. The number of aromatic nitrogens is 2. The molecular formula is C19H23ClN4O2. The number of imidazole rings is 1. The zero-order chi connectivity index (χ0) is 19.3. The first-order valence-corrected chi connectivity index (χ1v) is 8.83. The van der Waals surface area contributed by atoms with Gasteiger partial charge in [0.05, 0.1) is 12.7 Å². The van der Waals surface area contributed by atoms with Gasteiger partial charge in [-0.2, -0.15) is 0 Å². The van der Waals surface area contributed by atoms with Crippen molar-refractivity contribution in [3.05, 3.63) is 52.6 Å². The highest BCUT2D eigenvalue weighted by Crippen LogP contribution is 2.31. The van der Waals surface area contributed by atoms with Crippen LogP contribution < -0.4 is 5.32 Å². The lowest BCUT2D eigenvalue weighted by atomic mass is 9.84. The second-order valence-corrected chi connectivity index (χ2v) is 8.22. The molecule has 0 radical (unpaired) electrons. The number of urea groups is 1. The summed E-state index contributed by atoms with van der Waals surface area (Å²) in [6, 6.07) is 7.37. The van der Waals surface area contributed by atoms with E-state index >= 15 is 0 Å². The Labute approximate surface area is 158 Å². The Bertz CT molecular complexity index is 867. The fourth-order valence-corrected chi connectivity index (χ4v) is 3.20. The number of halogens is 1. The topological polar surface area (TPSA) is 67.2 Å². The van der Waals surface area contributed by atoms with E-state index in [1.807, 2.05) is 24.3 Å². The van der Waals surface area contributed by atoms with E-state index in [1.54, 1.807) is 18.5 Å². The minimum Gasteiger partial charge on any atom is -0.321 e. The van der Waals surface area contributed by atoms with Crippen molar-refractivity contribution in [3.63, 3.8) is 0 Å². The van der Waals surface area contributed by atoms with Crippen molar-refractivity contribution in [2.45, 2.75) is 45.2 Å². The van der Waals surface area contributed by atoms with E-state index in [-0.39, 0.29) is 17.9 Å². The molecule has 1 unspecified atom stereocenters. The van der Waals surface area contributed by atoms with Crippen LogP contribution in [0.25, 0.3) is 0 Å². The molecule has 1 N–H and O–H groups in total. The number of hydrogen-bond acceptors (Lipinski definition) is 3. The maximum absolute atomic E-state index is 13.0. The van der Waals surface area contributed by atoms with Gasteiger partial charge >= 0.3 is 6.03 Å². The minimum atomic E-state index is -1.09. The van der Waals surface area contributed by atoms with Crippen molar-refractivity contribution in [1.29, 1.82) is 0 Å². The van der Waals surface area contributed by atoms with Crippen LogP contribution in [-0.4, -0.2) is 26.4 Å². The molecule has 3 rings (SSSR count). The molecule has 0 bridgehead atoms. The van der Waals surface area contributed by atoms with Crippen LogP contribution in [0.5, 0.6) is 0 Å². The lowest BCUT2D eigenvalue weighted by molar-refractivity contribution is -0.131. The van der Waals surface area contributed by atoms with E-state index in [2.05, 4.69) is 31.1 Å². The quantitative estimate of drug-likeness (QED) is 0.838. The Morgan fingerprint density at radius 1 is 1.19 bits per heavy atom. The first-order valence-electron chi connectivity index (χ1n) is 8.45. The molecule has 1 aliphatic rings. The molecule has 2 heterocycles. The van der Waals surface area contributed by atoms with E-state index in [0.717, 1.165) is 5.56 Å². The minimum absolute atomic E-state index is 0.0197. The summed E-state index contributed by atoms with van der Waals surface area (Å²) in [5.74, 6) is 0.246. The zero-order valence-electron chi connectivity index (χ0n) is 15.6. The monoisotopic (exact) mass is 374 g/mol. The van der Waals surface area contributed by atoms with E-state index in [9.17, 15) is 9.59 Å². The Balaban J connectivity index is 1.88. The second-order valence-electron chi connectivity index (χ2n) is 7.83. The van der Waals surface area contributed by atoms with Crippen LogP contribution in [0.2, 0.25) is 5.15 Å². The van der Waals surface area contributed by atoms with Gasteiger partial charge in [0.25, 0.3) is 5.91 Å². The largest absolute Gasteiger partial charge is 0.325 e. The van der Waals surface area contributed by atoms with Gasteiger partial charge in [-0.1, -0.05) is 56.6 Å². The third-order valence-electron chi connectivity index (χ3n) is 4.93. The molecule has 1 aliphatic heterocycles. The summed E-state index contributed by atoms with van der Waals surface area (Å²) in [6.45, 7) is 8.19. The Kier molecular flexibility index (Phi) is 4.35. The predicted octanol–water partition coefficient (Wildman–Crippen LogP) is 3.34. The van der Waals surface area contributed by atoms with Crippen LogP contribution in [0.4, 0.5) is 4.79 Å². The van der Waals surface area contributed by atoms with Gasteiger partial charge in [0, 0.05) is 7.05 Å². The van der Waals surface area contributed by atoms with Gasteiger partial charge in [0.15, 0.2) is 0 Å². The van der Waals surface area contributed by atoms with Crippen molar-refractivity contribution >= 4 is 23.5 Å². The van der Waals surface area contributed by atoms with E-state index in [1.165, 1.54) is 16.7 Å². The van der Waals surface area contributed by atoms with Gasteiger partial charge in [-0.3, -0.25) is 9.69 Å². The van der Waals surface area contributed by atoms with Crippen molar-refractivity contribution in [1.82, 2.24) is 19.8 Å². The van der Waals surface area contributed by atoms with Crippen molar-refractivity contribution in [2.24, 2.45) is 7.05 Å². The molecule has 1 aromatic carbocycles. The van der Waals surface area contributed by atoms with Gasteiger partial charge in [-0.05, 0) is 23.5 Å². The third kappa shape index (κ3) is 2.98. The number of carbonyl (C=O) groups is 2. The molecule has 2 aromatic rings. The normalized spacial score (nSPS) is 20.6. The molecular weight excluding hydrogens is 352 g/mol. The number of benzene rings is 1. The van der Waals surface area contributed by atoms with Crippen molar-refractivity contribution in [2.75, 3.05) is 0 Å². The molecule has 1 atom stereocenters. The first-order chi connectivity index (χ1) is 12.0. The van der Waals surface area contributed by atoms with E-state index in [4.69, 9.17) is 11.6 Å². The standard InChI is InChI=1S/C19H23ClN4O2/c1-18(2,3)12-6-8-13(9-7-12)19(4)16(25)24(17(26)22-19)11-15-21-10-14(20)23(15)5/h6-10H,11H2,1-5H3,(H,22,26). The first kappa shape index (κ1) is 18.5. The van der Waals surface area contributed by atoms with Crippen LogP contribution in [0.3, 0.4) is 0 Å². The van der Waals surface area contributed by atoms with Crippen LogP contribution in [0, 0.1) is 0 Å². The molecule has 0 spiro atoms. The number of nitrogens with zero attached hydrogens (tertiary/aromatic N) is 3. The predicted molar refractivity (Wildman–Crippen MR) is 99.8 cm³/mol. The highest BCUT2D eigenvalue weighted by atomic mass is 35.5. The lowest BCUT2D eigenvalue weighted by Gasteiger charge is -2.24. The summed E-state index contributed by atoms with van der Waals surface area (Å²) in [5.41, 5.74) is 0.847. The maximum Gasteiger partial charge on any atom is 0.325 e. The summed E-state index contributed by atoms with van der Waals surface area (Å²) < 4.78 is 1.65. The molecule has 138 valence electrons. The molecule has 26 heavy (non-hydrogen) atoms. The second kappa shape index (κ2) is 6.13. The highest BCUT2D eigenvalue weighted by Gasteiger charge is 2.49. The van der Waals surface area contributed by atoms with Gasteiger partial charge < -0.3 is 9.88 Å². The van der Waals surface area contributed by atoms with Crippen LogP contribution in [0.1, 0.15) is 44.6 Å². The zero-order valence-corrected chi connectivity index (χ0v) is 16.4. The number of rotatable bonds is 3.